The Morgan fingerprint density at radius 2 is 1.72 bits per heavy atom. The van der Waals surface area contributed by atoms with E-state index in [9.17, 15) is 4.79 Å². The number of nitrogens with one attached hydrogen (secondary N) is 2. The van der Waals surface area contributed by atoms with E-state index in [4.69, 9.17) is 0 Å². The lowest BCUT2D eigenvalue weighted by Crippen LogP contribution is -2.57. The second kappa shape index (κ2) is 7.13. The summed E-state index contributed by atoms with van der Waals surface area (Å²) in [5, 5.41) is 6.43. The molecule has 0 aliphatic heterocycles. The summed E-state index contributed by atoms with van der Waals surface area (Å²) in [7, 11) is 0. The number of rotatable bonds is 8. The second-order valence-corrected chi connectivity index (χ2v) is 6.44. The van der Waals surface area contributed by atoms with Crippen LogP contribution in [0.2, 0.25) is 0 Å². The highest BCUT2D eigenvalue weighted by atomic mass is 16.2. The Balaban J connectivity index is 4.67. The smallest absolute Gasteiger partial charge is 0.240 e. The van der Waals surface area contributed by atoms with E-state index < -0.39 is 5.54 Å². The number of hydrogen-bond donors (Lipinski definition) is 2. The zero-order valence-corrected chi connectivity index (χ0v) is 13.3. The van der Waals surface area contributed by atoms with Gasteiger partial charge in [0.2, 0.25) is 5.91 Å². The number of carbonyl (C=O) groups excluding carboxylic acids is 1. The van der Waals surface area contributed by atoms with Gasteiger partial charge >= 0.3 is 0 Å². The highest BCUT2D eigenvalue weighted by Crippen LogP contribution is 2.26. The molecule has 3 heteroatoms. The molecule has 0 aromatic heterocycles. The monoisotopic (exact) mass is 256 g/mol. The zero-order valence-electron chi connectivity index (χ0n) is 13.3. The van der Waals surface area contributed by atoms with Crippen molar-refractivity contribution in [3.05, 3.63) is 0 Å². The molecule has 1 atom stereocenters. The highest BCUT2D eigenvalue weighted by Gasteiger charge is 2.34. The molecule has 0 spiro atoms. The van der Waals surface area contributed by atoms with E-state index in [0.717, 1.165) is 19.4 Å². The molecule has 0 bridgehead atoms. The Bertz CT molecular complexity index is 261. The third-order valence-electron chi connectivity index (χ3n) is 4.09. The van der Waals surface area contributed by atoms with Gasteiger partial charge in [-0.2, -0.15) is 0 Å². The van der Waals surface area contributed by atoms with Gasteiger partial charge in [0, 0.05) is 13.1 Å². The molecule has 0 saturated carbocycles. The molecular weight excluding hydrogens is 224 g/mol. The number of carbonyl (C=O) groups is 1. The van der Waals surface area contributed by atoms with E-state index >= 15 is 0 Å². The Kier molecular flexibility index (Phi) is 6.90. The van der Waals surface area contributed by atoms with E-state index in [0.29, 0.717) is 12.5 Å². The van der Waals surface area contributed by atoms with Crippen LogP contribution in [0.3, 0.4) is 0 Å². The van der Waals surface area contributed by atoms with Crippen LogP contribution in [-0.4, -0.2) is 24.5 Å². The van der Waals surface area contributed by atoms with E-state index in [1.807, 2.05) is 13.8 Å². The highest BCUT2D eigenvalue weighted by molar-refractivity contribution is 5.85. The SMILES string of the molecule is CCCC(C)(NCC(C)(C)C(C)C)C(=O)NCC. The van der Waals surface area contributed by atoms with Gasteiger partial charge in [0.05, 0.1) is 5.54 Å². The molecule has 2 N–H and O–H groups in total. The van der Waals surface area contributed by atoms with Gasteiger partial charge in [0.15, 0.2) is 0 Å². The van der Waals surface area contributed by atoms with Crippen molar-refractivity contribution in [1.82, 2.24) is 10.6 Å². The van der Waals surface area contributed by atoms with Gasteiger partial charge in [0.1, 0.15) is 0 Å². The zero-order chi connectivity index (χ0) is 14.4. The summed E-state index contributed by atoms with van der Waals surface area (Å²) < 4.78 is 0. The summed E-state index contributed by atoms with van der Waals surface area (Å²) >= 11 is 0. The maximum absolute atomic E-state index is 12.2. The third-order valence-corrected chi connectivity index (χ3v) is 4.09. The quantitative estimate of drug-likeness (QED) is 0.701. The van der Waals surface area contributed by atoms with Crippen molar-refractivity contribution < 1.29 is 4.79 Å². The first-order chi connectivity index (χ1) is 8.19. The fourth-order valence-electron chi connectivity index (χ4n) is 1.76. The van der Waals surface area contributed by atoms with Crippen molar-refractivity contribution in [2.45, 2.75) is 66.8 Å². The van der Waals surface area contributed by atoms with Crippen LogP contribution in [0, 0.1) is 11.3 Å². The van der Waals surface area contributed by atoms with Crippen molar-refractivity contribution in [1.29, 1.82) is 0 Å². The lowest BCUT2D eigenvalue weighted by molar-refractivity contribution is -0.127. The minimum Gasteiger partial charge on any atom is -0.355 e. The van der Waals surface area contributed by atoms with Crippen molar-refractivity contribution >= 4 is 5.91 Å². The molecule has 0 fully saturated rings. The molecule has 0 aromatic rings. The maximum atomic E-state index is 12.2. The Morgan fingerprint density at radius 3 is 2.11 bits per heavy atom. The minimum atomic E-state index is -0.448. The van der Waals surface area contributed by atoms with Crippen LogP contribution in [0.5, 0.6) is 0 Å². The van der Waals surface area contributed by atoms with Gasteiger partial charge in [-0.3, -0.25) is 4.79 Å². The second-order valence-electron chi connectivity index (χ2n) is 6.44. The molecule has 1 amide bonds. The van der Waals surface area contributed by atoms with Crippen LogP contribution in [-0.2, 0) is 4.79 Å². The van der Waals surface area contributed by atoms with Crippen LogP contribution in [0.25, 0.3) is 0 Å². The molecule has 0 radical (unpaired) electrons. The normalized spacial score (nSPS) is 15.6. The number of likely N-dealkylation sites (N-methyl/N-ethyl adjacent to an activating group) is 1. The van der Waals surface area contributed by atoms with Crippen LogP contribution < -0.4 is 10.6 Å². The summed E-state index contributed by atoms with van der Waals surface area (Å²) in [6.45, 7) is 16.6. The molecule has 18 heavy (non-hydrogen) atoms. The average molecular weight is 256 g/mol. The van der Waals surface area contributed by atoms with Gasteiger partial charge < -0.3 is 10.6 Å². The molecule has 1 unspecified atom stereocenters. The molecule has 0 heterocycles. The first kappa shape index (κ1) is 17.4. The number of hydrogen-bond acceptors (Lipinski definition) is 2. The minimum absolute atomic E-state index is 0.117. The lowest BCUT2D eigenvalue weighted by Gasteiger charge is -2.36. The topological polar surface area (TPSA) is 41.1 Å². The van der Waals surface area contributed by atoms with Crippen molar-refractivity contribution in [3.8, 4) is 0 Å². The van der Waals surface area contributed by atoms with Gasteiger partial charge in [-0.05, 0) is 31.6 Å². The summed E-state index contributed by atoms with van der Waals surface area (Å²) in [5.41, 5.74) is -0.252. The number of amides is 1. The van der Waals surface area contributed by atoms with Crippen molar-refractivity contribution in [2.75, 3.05) is 13.1 Å². The van der Waals surface area contributed by atoms with Crippen LogP contribution >= 0.6 is 0 Å². The van der Waals surface area contributed by atoms with E-state index in [1.54, 1.807) is 0 Å². The first-order valence-corrected chi connectivity index (χ1v) is 7.23. The predicted molar refractivity (Wildman–Crippen MR) is 78.6 cm³/mol. The Morgan fingerprint density at radius 1 is 1.17 bits per heavy atom. The van der Waals surface area contributed by atoms with Crippen LogP contribution in [0.15, 0.2) is 0 Å². The molecule has 108 valence electrons. The summed E-state index contributed by atoms with van der Waals surface area (Å²) in [6.07, 6.45) is 1.87. The molecule has 0 aromatic carbocycles. The van der Waals surface area contributed by atoms with Crippen molar-refractivity contribution in [2.24, 2.45) is 11.3 Å². The van der Waals surface area contributed by atoms with E-state index in [2.05, 4.69) is 45.3 Å². The summed E-state index contributed by atoms with van der Waals surface area (Å²) in [6, 6.07) is 0. The molecule has 0 saturated heterocycles. The molecule has 3 nitrogen and oxygen atoms in total. The van der Waals surface area contributed by atoms with Crippen LogP contribution in [0.4, 0.5) is 0 Å². The fraction of sp³-hybridized carbons (Fsp3) is 0.933. The van der Waals surface area contributed by atoms with Gasteiger partial charge in [-0.15, -0.1) is 0 Å². The van der Waals surface area contributed by atoms with Gasteiger partial charge in [-0.1, -0.05) is 41.0 Å². The molecule has 0 aliphatic rings. The largest absolute Gasteiger partial charge is 0.355 e. The van der Waals surface area contributed by atoms with E-state index in [1.165, 1.54) is 0 Å². The fourth-order valence-corrected chi connectivity index (χ4v) is 1.76. The molecular formula is C15H32N2O. The Labute approximate surface area is 113 Å². The molecule has 0 rings (SSSR count). The standard InChI is InChI=1S/C15H32N2O/c1-8-10-15(7,13(18)16-9-2)17-11-14(5,6)12(3)4/h12,17H,8-11H2,1-7H3,(H,16,18). The van der Waals surface area contributed by atoms with Gasteiger partial charge in [0.25, 0.3) is 0 Å². The summed E-state index contributed by atoms with van der Waals surface area (Å²) in [4.78, 5) is 12.2. The average Bonchev–Trinajstić information content (AvgIpc) is 2.27. The third kappa shape index (κ3) is 4.97. The molecule has 0 aliphatic carbocycles. The van der Waals surface area contributed by atoms with Gasteiger partial charge in [-0.25, -0.2) is 0 Å². The lowest BCUT2D eigenvalue weighted by atomic mass is 9.80. The van der Waals surface area contributed by atoms with Crippen molar-refractivity contribution in [3.63, 3.8) is 0 Å². The van der Waals surface area contributed by atoms with Crippen LogP contribution in [0.1, 0.15) is 61.3 Å². The van der Waals surface area contributed by atoms with E-state index in [-0.39, 0.29) is 11.3 Å². The predicted octanol–water partition coefficient (Wildman–Crippen LogP) is 2.95. The maximum Gasteiger partial charge on any atom is 0.240 e. The first-order valence-electron chi connectivity index (χ1n) is 7.23. The summed E-state index contributed by atoms with van der Waals surface area (Å²) in [5.74, 6) is 0.705. The Hall–Kier alpha value is -0.570.